The smallest absolute Gasteiger partial charge is 0.317 e. The molecule has 0 aromatic carbocycles. The van der Waals surface area contributed by atoms with Crippen molar-refractivity contribution in [3.8, 4) is 0 Å². The molecule has 0 radical (unpaired) electrons. The molecule has 0 bridgehead atoms. The molecule has 1 atom stereocenters. The Hall–Kier alpha value is -1.53. The number of nitrogens with zero attached hydrogens (tertiary/aromatic N) is 2. The van der Waals surface area contributed by atoms with Gasteiger partial charge in [-0.3, -0.25) is 4.90 Å². The van der Waals surface area contributed by atoms with Gasteiger partial charge in [-0.25, -0.2) is 4.79 Å². The number of nitrogens with one attached hydrogen (secondary N) is 1. The molecule has 6 nitrogen and oxygen atoms in total. The lowest BCUT2D eigenvalue weighted by Gasteiger charge is -2.30. The molecular weight excluding hydrogens is 270 g/mol. The van der Waals surface area contributed by atoms with Gasteiger partial charge in [0.2, 0.25) is 0 Å². The number of carbonyl (C=O) groups excluding carboxylic acids is 1. The second kappa shape index (κ2) is 6.95. The van der Waals surface area contributed by atoms with Crippen molar-refractivity contribution in [1.82, 2.24) is 15.1 Å². The summed E-state index contributed by atoms with van der Waals surface area (Å²) in [5, 5.41) is 3.05. The van der Waals surface area contributed by atoms with E-state index < -0.39 is 0 Å². The zero-order chi connectivity index (χ0) is 14.5. The third-order valence-corrected chi connectivity index (χ3v) is 4.20. The van der Waals surface area contributed by atoms with Crippen LogP contribution in [0.15, 0.2) is 22.8 Å². The molecule has 3 rings (SSSR count). The van der Waals surface area contributed by atoms with E-state index in [2.05, 4.69) is 10.2 Å². The van der Waals surface area contributed by atoms with E-state index in [9.17, 15) is 4.79 Å². The van der Waals surface area contributed by atoms with Crippen LogP contribution in [0.2, 0.25) is 0 Å². The largest absolute Gasteiger partial charge is 0.468 e. The lowest BCUT2D eigenvalue weighted by atomic mass is 10.2. The van der Waals surface area contributed by atoms with Crippen LogP contribution in [0.5, 0.6) is 0 Å². The Morgan fingerprint density at radius 1 is 1.24 bits per heavy atom. The molecule has 2 amide bonds. The summed E-state index contributed by atoms with van der Waals surface area (Å²) >= 11 is 0. The summed E-state index contributed by atoms with van der Waals surface area (Å²) in [7, 11) is 0. The van der Waals surface area contributed by atoms with Crippen LogP contribution in [-0.4, -0.2) is 61.8 Å². The number of furan rings is 1. The Bertz CT molecular complexity index is 437. The second-order valence-corrected chi connectivity index (χ2v) is 5.56. The maximum absolute atomic E-state index is 12.2. The van der Waals surface area contributed by atoms with E-state index in [0.717, 1.165) is 18.8 Å². The molecule has 21 heavy (non-hydrogen) atoms. The minimum Gasteiger partial charge on any atom is -0.468 e. The van der Waals surface area contributed by atoms with Crippen molar-refractivity contribution < 1.29 is 13.9 Å². The molecule has 1 aromatic rings. The van der Waals surface area contributed by atoms with Crippen LogP contribution in [0.3, 0.4) is 0 Å². The number of hydrogen-bond donors (Lipinski definition) is 1. The summed E-state index contributed by atoms with van der Waals surface area (Å²) in [5.41, 5.74) is 0. The first-order valence-electron chi connectivity index (χ1n) is 7.72. The Balaban J connectivity index is 1.58. The fourth-order valence-corrected chi connectivity index (χ4v) is 3.01. The van der Waals surface area contributed by atoms with Gasteiger partial charge in [0.1, 0.15) is 5.76 Å². The molecule has 6 heteroatoms. The van der Waals surface area contributed by atoms with Gasteiger partial charge in [0.25, 0.3) is 0 Å². The van der Waals surface area contributed by atoms with Crippen LogP contribution in [-0.2, 0) is 4.74 Å². The Kier molecular flexibility index (Phi) is 4.77. The van der Waals surface area contributed by atoms with Crippen molar-refractivity contribution in [3.05, 3.63) is 24.2 Å². The van der Waals surface area contributed by atoms with Crippen LogP contribution in [0.25, 0.3) is 0 Å². The number of rotatable bonds is 4. The summed E-state index contributed by atoms with van der Waals surface area (Å²) in [6.45, 7) is 5.31. The van der Waals surface area contributed by atoms with Crippen LogP contribution in [0, 0.1) is 0 Å². The maximum Gasteiger partial charge on any atom is 0.317 e. The molecule has 3 heterocycles. The number of morpholine rings is 1. The lowest BCUT2D eigenvalue weighted by molar-refractivity contribution is 0.0526. The first-order chi connectivity index (χ1) is 10.3. The van der Waals surface area contributed by atoms with Gasteiger partial charge in [0.15, 0.2) is 0 Å². The van der Waals surface area contributed by atoms with E-state index in [4.69, 9.17) is 9.15 Å². The van der Waals surface area contributed by atoms with E-state index in [1.807, 2.05) is 17.0 Å². The van der Waals surface area contributed by atoms with Gasteiger partial charge >= 0.3 is 6.03 Å². The van der Waals surface area contributed by atoms with Crippen molar-refractivity contribution >= 4 is 6.03 Å². The van der Waals surface area contributed by atoms with Gasteiger partial charge in [0, 0.05) is 19.6 Å². The Labute approximate surface area is 125 Å². The van der Waals surface area contributed by atoms with Gasteiger partial charge in [-0.15, -0.1) is 0 Å². The molecule has 116 valence electrons. The van der Waals surface area contributed by atoms with Crippen LogP contribution in [0.1, 0.15) is 24.6 Å². The van der Waals surface area contributed by atoms with Gasteiger partial charge < -0.3 is 19.4 Å². The first kappa shape index (κ1) is 14.4. The molecule has 1 aromatic heterocycles. The number of hydrogen-bond acceptors (Lipinski definition) is 4. The number of likely N-dealkylation sites (tertiary alicyclic amines) is 1. The Morgan fingerprint density at radius 3 is 2.67 bits per heavy atom. The highest BCUT2D eigenvalue weighted by atomic mass is 16.5. The van der Waals surface area contributed by atoms with Crippen LogP contribution in [0.4, 0.5) is 4.79 Å². The minimum atomic E-state index is -0.00551. The van der Waals surface area contributed by atoms with Crippen molar-refractivity contribution in [3.63, 3.8) is 0 Å². The zero-order valence-corrected chi connectivity index (χ0v) is 12.3. The minimum absolute atomic E-state index is 0.00551. The standard InChI is InChI=1S/C15H23N3O3/c19-15(18-7-10-20-11-8-18)16-12-13(14-4-3-9-21-14)17-5-1-2-6-17/h3-4,9,13H,1-2,5-8,10-12H2,(H,16,19)/t13-/m1/s1. The van der Waals surface area contributed by atoms with E-state index in [0.29, 0.717) is 32.8 Å². The lowest BCUT2D eigenvalue weighted by Crippen LogP contribution is -2.48. The molecule has 1 N–H and O–H groups in total. The summed E-state index contributed by atoms with van der Waals surface area (Å²) in [5.74, 6) is 0.930. The summed E-state index contributed by atoms with van der Waals surface area (Å²) in [4.78, 5) is 16.4. The highest BCUT2D eigenvalue weighted by Crippen LogP contribution is 2.24. The van der Waals surface area contributed by atoms with Gasteiger partial charge in [-0.1, -0.05) is 0 Å². The number of ether oxygens (including phenoxy) is 1. The molecular formula is C15H23N3O3. The highest BCUT2D eigenvalue weighted by molar-refractivity contribution is 5.74. The third-order valence-electron chi connectivity index (χ3n) is 4.20. The summed E-state index contributed by atoms with van der Waals surface area (Å²) < 4.78 is 10.8. The van der Waals surface area contributed by atoms with E-state index in [-0.39, 0.29) is 12.1 Å². The first-order valence-corrected chi connectivity index (χ1v) is 7.72. The zero-order valence-electron chi connectivity index (χ0n) is 12.3. The number of amides is 2. The molecule has 0 aliphatic carbocycles. The highest BCUT2D eigenvalue weighted by Gasteiger charge is 2.26. The molecule has 0 saturated carbocycles. The van der Waals surface area contributed by atoms with Crippen molar-refractivity contribution in [2.75, 3.05) is 45.9 Å². The quantitative estimate of drug-likeness (QED) is 0.913. The molecule has 2 aliphatic heterocycles. The predicted octanol–water partition coefficient (Wildman–Crippen LogP) is 1.46. The maximum atomic E-state index is 12.2. The second-order valence-electron chi connectivity index (χ2n) is 5.56. The summed E-state index contributed by atoms with van der Waals surface area (Å²) in [6, 6.07) is 4.02. The fourth-order valence-electron chi connectivity index (χ4n) is 3.01. The van der Waals surface area contributed by atoms with Gasteiger partial charge in [-0.2, -0.15) is 0 Å². The third kappa shape index (κ3) is 3.57. The summed E-state index contributed by atoms with van der Waals surface area (Å²) in [6.07, 6.45) is 4.13. The van der Waals surface area contributed by atoms with E-state index in [1.54, 1.807) is 6.26 Å². The fraction of sp³-hybridized carbons (Fsp3) is 0.667. The van der Waals surface area contributed by atoms with Crippen molar-refractivity contribution in [1.29, 1.82) is 0 Å². The van der Waals surface area contributed by atoms with Crippen molar-refractivity contribution in [2.24, 2.45) is 0 Å². The van der Waals surface area contributed by atoms with Crippen LogP contribution < -0.4 is 5.32 Å². The molecule has 0 spiro atoms. The number of urea groups is 1. The molecule has 0 unspecified atom stereocenters. The Morgan fingerprint density at radius 2 is 2.00 bits per heavy atom. The van der Waals surface area contributed by atoms with Crippen LogP contribution >= 0.6 is 0 Å². The molecule has 2 saturated heterocycles. The van der Waals surface area contributed by atoms with E-state index in [1.165, 1.54) is 12.8 Å². The molecule has 2 fully saturated rings. The normalized spacial score (nSPS) is 21.4. The monoisotopic (exact) mass is 293 g/mol. The molecule has 2 aliphatic rings. The predicted molar refractivity (Wildman–Crippen MR) is 78.0 cm³/mol. The number of carbonyl (C=O) groups is 1. The average molecular weight is 293 g/mol. The van der Waals surface area contributed by atoms with Gasteiger partial charge in [-0.05, 0) is 38.1 Å². The average Bonchev–Trinajstić information content (AvgIpc) is 3.22. The van der Waals surface area contributed by atoms with Gasteiger partial charge in [0.05, 0.1) is 25.5 Å². The van der Waals surface area contributed by atoms with Crippen molar-refractivity contribution in [2.45, 2.75) is 18.9 Å². The SMILES string of the molecule is O=C(NC[C@H](c1ccco1)N1CCCC1)N1CCOCC1. The van der Waals surface area contributed by atoms with E-state index >= 15 is 0 Å². The topological polar surface area (TPSA) is 58.0 Å².